The Bertz CT molecular complexity index is 604. The van der Waals surface area contributed by atoms with Crippen LogP contribution in [-0.4, -0.2) is 51.9 Å². The van der Waals surface area contributed by atoms with Crippen molar-refractivity contribution < 1.29 is 17.9 Å². The molecule has 1 saturated carbocycles. The van der Waals surface area contributed by atoms with Crippen LogP contribution in [0.5, 0.6) is 0 Å². The van der Waals surface area contributed by atoms with Crippen LogP contribution in [0.25, 0.3) is 0 Å². The number of allylic oxidation sites excluding steroid dienone is 3. The van der Waals surface area contributed by atoms with Crippen molar-refractivity contribution in [2.45, 2.75) is 65.0 Å². The predicted octanol–water partition coefficient (Wildman–Crippen LogP) is 5.79. The van der Waals surface area contributed by atoms with Gasteiger partial charge in [-0.1, -0.05) is 26.3 Å². The summed E-state index contributed by atoms with van der Waals surface area (Å²) in [5, 5.41) is 3.40. The van der Waals surface area contributed by atoms with Gasteiger partial charge in [-0.2, -0.15) is 13.2 Å². The van der Waals surface area contributed by atoms with Crippen LogP contribution < -0.4 is 5.32 Å². The molecule has 1 fully saturated rings. The predicted molar refractivity (Wildman–Crippen MR) is 117 cm³/mol. The number of rotatable bonds is 8. The molecule has 174 valence electrons. The second-order valence-electron chi connectivity index (χ2n) is 9.65. The fraction of sp³-hybridized carbons (Fsp3) is 0.833. The molecule has 4 atom stereocenters. The normalized spacial score (nSPS) is 35.6. The van der Waals surface area contributed by atoms with Crippen LogP contribution in [0, 0.1) is 22.7 Å². The van der Waals surface area contributed by atoms with Gasteiger partial charge >= 0.3 is 6.18 Å². The van der Waals surface area contributed by atoms with E-state index in [-0.39, 0.29) is 16.7 Å². The zero-order chi connectivity index (χ0) is 22.4. The summed E-state index contributed by atoms with van der Waals surface area (Å²) in [5.41, 5.74) is 0.0500. The van der Waals surface area contributed by atoms with Gasteiger partial charge in [0.25, 0.3) is 0 Å². The Hall–Kier alpha value is -1.01. The summed E-state index contributed by atoms with van der Waals surface area (Å²) in [6.07, 6.45) is 9.38. The molecule has 2 aliphatic rings. The zero-order valence-corrected chi connectivity index (χ0v) is 19.4. The number of hydrogen-bond donors (Lipinski definition) is 1. The molecule has 4 unspecified atom stereocenters. The van der Waals surface area contributed by atoms with Gasteiger partial charge in [0, 0.05) is 6.54 Å². The molecule has 3 nitrogen and oxygen atoms in total. The Morgan fingerprint density at radius 2 is 2.00 bits per heavy atom. The van der Waals surface area contributed by atoms with E-state index in [1.165, 1.54) is 4.90 Å². The lowest BCUT2D eigenvalue weighted by molar-refractivity contribution is -0.146. The Kier molecular flexibility index (Phi) is 8.87. The topological polar surface area (TPSA) is 24.5 Å². The summed E-state index contributed by atoms with van der Waals surface area (Å²) >= 11 is 0. The highest BCUT2D eigenvalue weighted by Gasteiger charge is 2.59. The molecular formula is C24H41F3N2O. The summed E-state index contributed by atoms with van der Waals surface area (Å²) < 4.78 is 44.8. The third-order valence-electron chi connectivity index (χ3n) is 7.70. The van der Waals surface area contributed by atoms with Gasteiger partial charge in [0.05, 0.1) is 13.7 Å². The van der Waals surface area contributed by atoms with Crippen molar-refractivity contribution in [2.75, 3.05) is 40.8 Å². The van der Waals surface area contributed by atoms with Gasteiger partial charge in [-0.25, -0.2) is 0 Å². The molecule has 30 heavy (non-hydrogen) atoms. The second-order valence-corrected chi connectivity index (χ2v) is 9.65. The number of ether oxygens (including phenoxy) is 1. The van der Waals surface area contributed by atoms with Gasteiger partial charge in [-0.15, -0.1) is 0 Å². The molecule has 0 bridgehead atoms. The van der Waals surface area contributed by atoms with Gasteiger partial charge < -0.3 is 10.1 Å². The van der Waals surface area contributed by atoms with E-state index in [1.54, 1.807) is 14.2 Å². The lowest BCUT2D eigenvalue weighted by Gasteiger charge is -2.53. The average Bonchev–Trinajstić information content (AvgIpc) is 2.95. The lowest BCUT2D eigenvalue weighted by atomic mass is 9.53. The number of methoxy groups -OCH3 is 1. The minimum Gasteiger partial charge on any atom is -0.497 e. The minimum absolute atomic E-state index is 0.0539. The van der Waals surface area contributed by atoms with Gasteiger partial charge in [0.2, 0.25) is 0 Å². The van der Waals surface area contributed by atoms with Crippen molar-refractivity contribution in [3.8, 4) is 0 Å². The first-order valence-electron chi connectivity index (χ1n) is 11.4. The fourth-order valence-electron chi connectivity index (χ4n) is 6.57. The van der Waals surface area contributed by atoms with Crippen molar-refractivity contribution in [2.24, 2.45) is 22.7 Å². The number of hydrogen-bond acceptors (Lipinski definition) is 3. The van der Waals surface area contributed by atoms with E-state index in [4.69, 9.17) is 4.74 Å². The van der Waals surface area contributed by atoms with Crippen molar-refractivity contribution in [3.63, 3.8) is 0 Å². The molecule has 2 rings (SSSR count). The van der Waals surface area contributed by atoms with Gasteiger partial charge in [-0.3, -0.25) is 4.90 Å². The van der Waals surface area contributed by atoms with E-state index in [1.807, 2.05) is 13.1 Å². The highest BCUT2D eigenvalue weighted by Crippen LogP contribution is 2.65. The summed E-state index contributed by atoms with van der Waals surface area (Å²) in [6, 6.07) is 0. The largest absolute Gasteiger partial charge is 0.497 e. The number of nitrogens with one attached hydrogen (secondary N) is 1. The number of nitrogens with zero attached hydrogens (tertiary/aromatic N) is 1. The maximum absolute atomic E-state index is 13.1. The van der Waals surface area contributed by atoms with Crippen molar-refractivity contribution in [1.29, 1.82) is 0 Å². The molecule has 0 aromatic heterocycles. The van der Waals surface area contributed by atoms with Gasteiger partial charge in [0.1, 0.15) is 5.76 Å². The van der Waals surface area contributed by atoms with Crippen LogP contribution in [0.15, 0.2) is 24.0 Å². The summed E-state index contributed by atoms with van der Waals surface area (Å²) in [6.45, 7) is 5.16. The molecule has 1 N–H and O–H groups in total. The van der Waals surface area contributed by atoms with E-state index >= 15 is 0 Å². The standard InChI is InChI=1S/C24H41F3N2O/c1-6-13-22(2)14-11-20(17-29(4)18-24(25,26)27)23(22)15-12-21(30-5)10-8-7-9-19(23)16-28-3/h8,10,12,19-20,28H,6-7,9,11,13-18H2,1-5H3/b10-8-,21-12+. The van der Waals surface area contributed by atoms with Crippen LogP contribution in [-0.2, 0) is 4.74 Å². The van der Waals surface area contributed by atoms with Crippen molar-refractivity contribution >= 4 is 0 Å². The van der Waals surface area contributed by atoms with Crippen LogP contribution in [0.1, 0.15) is 58.8 Å². The first kappa shape index (κ1) is 25.3. The third kappa shape index (κ3) is 5.61. The van der Waals surface area contributed by atoms with Crippen LogP contribution in [0.4, 0.5) is 13.2 Å². The molecule has 0 aromatic rings. The molecule has 0 aromatic carbocycles. The molecule has 0 heterocycles. The van der Waals surface area contributed by atoms with Crippen molar-refractivity contribution in [1.82, 2.24) is 10.2 Å². The Balaban J connectivity index is 2.50. The van der Waals surface area contributed by atoms with Crippen LogP contribution in [0.3, 0.4) is 0 Å². The average molecular weight is 431 g/mol. The Morgan fingerprint density at radius 3 is 2.60 bits per heavy atom. The third-order valence-corrected chi connectivity index (χ3v) is 7.70. The first-order chi connectivity index (χ1) is 14.1. The molecule has 2 aliphatic carbocycles. The molecule has 0 saturated heterocycles. The SMILES string of the molecule is CCCC1(C)CCC(CN(C)CC(F)(F)F)C12C/C=C(OC)\C=C/CCC2CNC. The molecule has 1 spiro atoms. The van der Waals surface area contributed by atoms with Crippen LogP contribution in [0.2, 0.25) is 0 Å². The van der Waals surface area contributed by atoms with E-state index in [9.17, 15) is 13.2 Å². The summed E-state index contributed by atoms with van der Waals surface area (Å²) in [5.74, 6) is 1.50. The molecular weight excluding hydrogens is 389 g/mol. The van der Waals surface area contributed by atoms with Gasteiger partial charge in [-0.05, 0) is 94.0 Å². The second kappa shape index (κ2) is 10.5. The molecule has 0 aliphatic heterocycles. The maximum Gasteiger partial charge on any atom is 0.401 e. The summed E-state index contributed by atoms with van der Waals surface area (Å²) in [7, 11) is 5.31. The van der Waals surface area contributed by atoms with E-state index in [2.05, 4.69) is 31.3 Å². The number of alkyl halides is 3. The Labute approximate surface area is 181 Å². The van der Waals surface area contributed by atoms with E-state index in [0.29, 0.717) is 12.5 Å². The highest BCUT2D eigenvalue weighted by atomic mass is 19.4. The monoisotopic (exact) mass is 430 g/mol. The highest BCUT2D eigenvalue weighted by molar-refractivity contribution is 5.18. The smallest absolute Gasteiger partial charge is 0.401 e. The summed E-state index contributed by atoms with van der Waals surface area (Å²) in [4.78, 5) is 1.49. The maximum atomic E-state index is 13.1. The Morgan fingerprint density at radius 1 is 1.27 bits per heavy atom. The zero-order valence-electron chi connectivity index (χ0n) is 19.4. The molecule has 6 heteroatoms. The van der Waals surface area contributed by atoms with Gasteiger partial charge in [0.15, 0.2) is 0 Å². The van der Waals surface area contributed by atoms with Crippen LogP contribution >= 0.6 is 0 Å². The lowest BCUT2D eigenvalue weighted by Crippen LogP contribution is -2.51. The van der Waals surface area contributed by atoms with E-state index < -0.39 is 12.7 Å². The fourth-order valence-corrected chi connectivity index (χ4v) is 6.57. The van der Waals surface area contributed by atoms with E-state index in [0.717, 1.165) is 57.2 Å². The van der Waals surface area contributed by atoms with Crippen molar-refractivity contribution in [3.05, 3.63) is 24.0 Å². The number of halogens is 3. The minimum atomic E-state index is -4.16. The quantitative estimate of drug-likeness (QED) is 0.527. The molecule has 0 amide bonds. The first-order valence-corrected chi connectivity index (χ1v) is 11.4. The molecule has 0 radical (unpaired) electrons.